The van der Waals surface area contributed by atoms with E-state index >= 15 is 0 Å². The summed E-state index contributed by atoms with van der Waals surface area (Å²) in [5.74, 6) is 0. The zero-order chi connectivity index (χ0) is 12.9. The molecule has 0 saturated heterocycles. The Morgan fingerprint density at radius 1 is 1.44 bits per heavy atom. The molecule has 0 atom stereocenters. The zero-order valence-electron chi connectivity index (χ0n) is 10.0. The molecule has 1 aromatic carbocycles. The molecule has 0 bridgehead atoms. The number of aryl methyl sites for hydroxylation is 2. The molecule has 0 aliphatic carbocycles. The quantitative estimate of drug-likeness (QED) is 0.815. The first-order chi connectivity index (χ1) is 8.56. The van der Waals surface area contributed by atoms with E-state index in [2.05, 4.69) is 4.98 Å². The fraction of sp³-hybridized carbons (Fsp3) is 0.250. The SMILES string of the molecule is Cc1nc(C)c(-c2cc3c(cc2Cl)COB3O)s1. The average molecular weight is 280 g/mol. The Morgan fingerprint density at radius 2 is 2.22 bits per heavy atom. The first-order valence-electron chi connectivity index (χ1n) is 5.62. The van der Waals surface area contributed by atoms with Crippen LogP contribution >= 0.6 is 22.9 Å². The number of benzene rings is 1. The summed E-state index contributed by atoms with van der Waals surface area (Å²) in [4.78, 5) is 5.46. The number of halogens is 1. The van der Waals surface area contributed by atoms with Crippen LogP contribution in [0.1, 0.15) is 16.3 Å². The maximum Gasteiger partial charge on any atom is 0.491 e. The van der Waals surface area contributed by atoms with Crippen molar-refractivity contribution in [3.63, 3.8) is 0 Å². The number of aromatic nitrogens is 1. The maximum absolute atomic E-state index is 9.74. The van der Waals surface area contributed by atoms with E-state index in [-0.39, 0.29) is 0 Å². The first kappa shape index (κ1) is 12.2. The monoisotopic (exact) mass is 279 g/mol. The van der Waals surface area contributed by atoms with Gasteiger partial charge < -0.3 is 9.68 Å². The minimum absolute atomic E-state index is 0.414. The van der Waals surface area contributed by atoms with Crippen LogP contribution in [0.15, 0.2) is 12.1 Å². The molecular weight excluding hydrogens is 268 g/mol. The van der Waals surface area contributed by atoms with Crippen molar-refractivity contribution in [2.24, 2.45) is 0 Å². The second-order valence-electron chi connectivity index (χ2n) is 4.34. The molecule has 0 saturated carbocycles. The van der Waals surface area contributed by atoms with Gasteiger partial charge in [-0.2, -0.15) is 0 Å². The van der Waals surface area contributed by atoms with Crippen molar-refractivity contribution in [2.45, 2.75) is 20.5 Å². The topological polar surface area (TPSA) is 42.4 Å². The van der Waals surface area contributed by atoms with Crippen LogP contribution in [0.25, 0.3) is 10.4 Å². The van der Waals surface area contributed by atoms with Crippen LogP contribution in [-0.4, -0.2) is 17.1 Å². The Bertz CT molecular complexity index is 629. The molecule has 1 N–H and O–H groups in total. The summed E-state index contributed by atoms with van der Waals surface area (Å²) in [5, 5.41) is 11.4. The summed E-state index contributed by atoms with van der Waals surface area (Å²) < 4.78 is 5.19. The Balaban J connectivity index is 2.18. The van der Waals surface area contributed by atoms with Crippen LogP contribution in [-0.2, 0) is 11.3 Å². The fourth-order valence-electron chi connectivity index (χ4n) is 2.20. The van der Waals surface area contributed by atoms with E-state index in [4.69, 9.17) is 16.3 Å². The van der Waals surface area contributed by atoms with Gasteiger partial charge in [-0.05, 0) is 30.9 Å². The lowest BCUT2D eigenvalue weighted by Gasteiger charge is -2.06. The Kier molecular flexibility index (Phi) is 2.94. The summed E-state index contributed by atoms with van der Waals surface area (Å²) >= 11 is 7.92. The molecule has 3 nitrogen and oxygen atoms in total. The summed E-state index contributed by atoms with van der Waals surface area (Å²) in [6, 6.07) is 3.78. The van der Waals surface area contributed by atoms with E-state index in [1.54, 1.807) is 11.3 Å². The first-order valence-corrected chi connectivity index (χ1v) is 6.82. The zero-order valence-corrected chi connectivity index (χ0v) is 11.6. The van der Waals surface area contributed by atoms with Gasteiger partial charge in [-0.1, -0.05) is 17.7 Å². The summed E-state index contributed by atoms with van der Waals surface area (Å²) in [6.45, 7) is 4.35. The highest BCUT2D eigenvalue weighted by atomic mass is 35.5. The van der Waals surface area contributed by atoms with Crippen molar-refractivity contribution >= 4 is 35.5 Å². The molecular formula is C12H11BClNO2S. The molecule has 0 unspecified atom stereocenters. The van der Waals surface area contributed by atoms with Gasteiger partial charge in [0.2, 0.25) is 0 Å². The van der Waals surface area contributed by atoms with Crippen LogP contribution in [0, 0.1) is 13.8 Å². The molecule has 0 radical (unpaired) electrons. The molecule has 2 aromatic rings. The summed E-state index contributed by atoms with van der Waals surface area (Å²) in [7, 11) is -0.842. The van der Waals surface area contributed by atoms with Gasteiger partial charge in [0, 0.05) is 10.6 Å². The van der Waals surface area contributed by atoms with Crippen molar-refractivity contribution in [3.05, 3.63) is 33.4 Å². The highest BCUT2D eigenvalue weighted by Gasteiger charge is 2.29. The Morgan fingerprint density at radius 3 is 2.89 bits per heavy atom. The fourth-order valence-corrected chi connectivity index (χ4v) is 3.49. The minimum atomic E-state index is -0.842. The van der Waals surface area contributed by atoms with E-state index in [1.807, 2.05) is 26.0 Å². The lowest BCUT2D eigenvalue weighted by molar-refractivity contribution is 0.275. The molecule has 18 heavy (non-hydrogen) atoms. The largest absolute Gasteiger partial charge is 0.491 e. The van der Waals surface area contributed by atoms with Gasteiger partial charge in [0.25, 0.3) is 0 Å². The Labute approximate surface area is 115 Å². The van der Waals surface area contributed by atoms with Crippen molar-refractivity contribution in [2.75, 3.05) is 0 Å². The number of fused-ring (bicyclic) bond motifs is 1. The standard InChI is InChI=1S/C12H11BClNO2S/c1-6-12(18-7(2)15-6)9-4-10-8(3-11(9)14)5-17-13(10)16/h3-4,16H,5H2,1-2H3. The number of rotatable bonds is 1. The molecule has 0 amide bonds. The maximum atomic E-state index is 9.74. The van der Waals surface area contributed by atoms with Gasteiger partial charge in [-0.3, -0.25) is 0 Å². The lowest BCUT2D eigenvalue weighted by Crippen LogP contribution is -2.28. The number of thiazole rings is 1. The van der Waals surface area contributed by atoms with Crippen molar-refractivity contribution < 1.29 is 9.68 Å². The molecule has 6 heteroatoms. The number of nitrogens with zero attached hydrogens (tertiary/aromatic N) is 1. The molecule has 92 valence electrons. The van der Waals surface area contributed by atoms with Gasteiger partial charge in [0.1, 0.15) is 0 Å². The molecule has 1 aliphatic heterocycles. The second-order valence-corrected chi connectivity index (χ2v) is 5.95. The summed E-state index contributed by atoms with van der Waals surface area (Å²) in [5.41, 5.74) is 3.64. The highest BCUT2D eigenvalue weighted by Crippen LogP contribution is 2.35. The molecule has 1 aliphatic rings. The van der Waals surface area contributed by atoms with E-state index in [1.165, 1.54) is 0 Å². The van der Waals surface area contributed by atoms with E-state index < -0.39 is 7.12 Å². The third-order valence-corrected chi connectivity index (χ3v) is 4.46. The normalized spacial score (nSPS) is 14.1. The van der Waals surface area contributed by atoms with Crippen molar-refractivity contribution in [1.29, 1.82) is 0 Å². The minimum Gasteiger partial charge on any atom is -0.423 e. The van der Waals surface area contributed by atoms with Crippen molar-refractivity contribution in [3.8, 4) is 10.4 Å². The van der Waals surface area contributed by atoms with Crippen LogP contribution in [0.3, 0.4) is 0 Å². The Hall–Kier alpha value is -0.875. The second kappa shape index (κ2) is 4.35. The van der Waals surface area contributed by atoms with Crippen LogP contribution in [0.5, 0.6) is 0 Å². The van der Waals surface area contributed by atoms with E-state index in [9.17, 15) is 5.02 Å². The van der Waals surface area contributed by atoms with Crippen LogP contribution < -0.4 is 5.46 Å². The average Bonchev–Trinajstić information content (AvgIpc) is 2.82. The number of hydrogen-bond acceptors (Lipinski definition) is 4. The molecule has 0 fully saturated rings. The van der Waals surface area contributed by atoms with Crippen molar-refractivity contribution in [1.82, 2.24) is 4.98 Å². The van der Waals surface area contributed by atoms with Gasteiger partial charge in [-0.15, -0.1) is 11.3 Å². The van der Waals surface area contributed by atoms with Gasteiger partial charge in [0.15, 0.2) is 0 Å². The van der Waals surface area contributed by atoms with Gasteiger partial charge >= 0.3 is 7.12 Å². The highest BCUT2D eigenvalue weighted by molar-refractivity contribution is 7.15. The molecule has 1 aromatic heterocycles. The lowest BCUT2D eigenvalue weighted by atomic mass is 9.78. The third kappa shape index (κ3) is 1.87. The van der Waals surface area contributed by atoms with E-state index in [0.717, 1.165) is 32.2 Å². The number of hydrogen-bond donors (Lipinski definition) is 1. The molecule has 2 heterocycles. The van der Waals surface area contributed by atoms with Crippen LogP contribution in [0.2, 0.25) is 5.02 Å². The van der Waals surface area contributed by atoms with Crippen LogP contribution in [0.4, 0.5) is 0 Å². The van der Waals surface area contributed by atoms with E-state index in [0.29, 0.717) is 11.6 Å². The molecule has 3 rings (SSSR count). The third-order valence-electron chi connectivity index (χ3n) is 3.04. The molecule has 0 spiro atoms. The predicted molar refractivity (Wildman–Crippen MR) is 74.4 cm³/mol. The smallest absolute Gasteiger partial charge is 0.423 e. The van der Waals surface area contributed by atoms with Gasteiger partial charge in [0.05, 0.1) is 22.2 Å². The van der Waals surface area contributed by atoms with Gasteiger partial charge in [-0.25, -0.2) is 4.98 Å². The predicted octanol–water partition coefficient (Wildman–Crippen LogP) is 2.30. The summed E-state index contributed by atoms with van der Waals surface area (Å²) in [6.07, 6.45) is 0.